The van der Waals surface area contributed by atoms with Gasteiger partial charge >= 0.3 is 0 Å². The molecule has 0 N–H and O–H groups in total. The number of nitrogens with zero attached hydrogens (tertiary/aromatic N) is 1. The summed E-state index contributed by atoms with van der Waals surface area (Å²) in [5, 5.41) is 0. The number of likely N-dealkylation sites (N-methyl/N-ethyl adjacent to an activating group) is 1. The summed E-state index contributed by atoms with van der Waals surface area (Å²) in [6, 6.07) is 0. The summed E-state index contributed by atoms with van der Waals surface area (Å²) in [5.41, 5.74) is 0. The second-order valence-electron chi connectivity index (χ2n) is 4.54. The van der Waals surface area contributed by atoms with Crippen LogP contribution in [-0.2, 0) is 4.74 Å². The van der Waals surface area contributed by atoms with E-state index in [0.29, 0.717) is 6.10 Å². The van der Waals surface area contributed by atoms with Gasteiger partial charge in [0, 0.05) is 0 Å². The van der Waals surface area contributed by atoms with Gasteiger partial charge in [0.1, 0.15) is 12.6 Å². The van der Waals surface area contributed by atoms with Gasteiger partial charge in [-0.15, -0.1) is 0 Å². The minimum absolute atomic E-state index is 0.580. The average molecular weight is 200 g/mol. The maximum absolute atomic E-state index is 5.36. The van der Waals surface area contributed by atoms with Gasteiger partial charge < -0.3 is 9.22 Å². The Bertz CT molecular complexity index is 150. The molecule has 1 fully saturated rings. The number of epoxide rings is 1. The standard InChI is InChI=1S/C12H26NO/c1-4-7-8-9-13(5-2,6-3)10-12-11-14-12/h12H,4-11H2,1-3H3/q+1. The monoisotopic (exact) mass is 200 g/mol. The van der Waals surface area contributed by atoms with Crippen LogP contribution in [-0.4, -0.2) is 43.4 Å². The van der Waals surface area contributed by atoms with Gasteiger partial charge in [0.05, 0.1) is 26.2 Å². The Morgan fingerprint density at radius 3 is 2.21 bits per heavy atom. The van der Waals surface area contributed by atoms with E-state index in [1.54, 1.807) is 0 Å². The first kappa shape index (κ1) is 12.0. The first-order chi connectivity index (χ1) is 6.76. The Hall–Kier alpha value is -0.0800. The highest BCUT2D eigenvalue weighted by molar-refractivity contribution is 4.68. The Morgan fingerprint density at radius 2 is 1.79 bits per heavy atom. The van der Waals surface area contributed by atoms with Gasteiger partial charge in [0.25, 0.3) is 0 Å². The lowest BCUT2D eigenvalue weighted by molar-refractivity contribution is -0.925. The van der Waals surface area contributed by atoms with Gasteiger partial charge in [-0.25, -0.2) is 0 Å². The summed E-state index contributed by atoms with van der Waals surface area (Å²) >= 11 is 0. The molecule has 1 heterocycles. The van der Waals surface area contributed by atoms with Crippen molar-refractivity contribution >= 4 is 0 Å². The molecule has 0 aliphatic carbocycles. The third-order valence-corrected chi connectivity index (χ3v) is 3.57. The Balaban J connectivity index is 2.32. The molecular formula is C12H26NO+. The first-order valence-electron chi connectivity index (χ1n) is 6.23. The van der Waals surface area contributed by atoms with E-state index in [4.69, 9.17) is 4.74 Å². The van der Waals surface area contributed by atoms with Crippen molar-refractivity contribution in [2.24, 2.45) is 0 Å². The first-order valence-corrected chi connectivity index (χ1v) is 6.23. The van der Waals surface area contributed by atoms with E-state index in [1.807, 2.05) is 0 Å². The predicted octanol–water partition coefficient (Wildman–Crippen LogP) is 2.43. The van der Waals surface area contributed by atoms with Gasteiger partial charge in [-0.2, -0.15) is 0 Å². The highest BCUT2D eigenvalue weighted by atomic mass is 16.6. The molecule has 2 heteroatoms. The van der Waals surface area contributed by atoms with Crippen LogP contribution in [0.2, 0.25) is 0 Å². The van der Waals surface area contributed by atoms with Crippen LogP contribution in [0.5, 0.6) is 0 Å². The maximum atomic E-state index is 5.36. The average Bonchev–Trinajstić information content (AvgIpc) is 3.00. The van der Waals surface area contributed by atoms with Gasteiger partial charge in [-0.1, -0.05) is 13.3 Å². The fourth-order valence-corrected chi connectivity index (χ4v) is 2.19. The largest absolute Gasteiger partial charge is 0.367 e. The number of hydrogen-bond acceptors (Lipinski definition) is 1. The molecule has 0 radical (unpaired) electrons. The summed E-state index contributed by atoms with van der Waals surface area (Å²) in [5.74, 6) is 0. The Morgan fingerprint density at radius 1 is 1.14 bits per heavy atom. The smallest absolute Gasteiger partial charge is 0.130 e. The van der Waals surface area contributed by atoms with Crippen LogP contribution in [0, 0.1) is 0 Å². The van der Waals surface area contributed by atoms with E-state index in [9.17, 15) is 0 Å². The quantitative estimate of drug-likeness (QED) is 0.333. The topological polar surface area (TPSA) is 12.5 Å². The van der Waals surface area contributed by atoms with Crippen molar-refractivity contribution in [2.75, 3.05) is 32.8 Å². The lowest BCUT2D eigenvalue weighted by Gasteiger charge is -2.36. The maximum Gasteiger partial charge on any atom is 0.130 e. The molecule has 1 aliphatic heterocycles. The molecule has 1 atom stereocenters. The van der Waals surface area contributed by atoms with Crippen molar-refractivity contribution < 1.29 is 9.22 Å². The molecule has 14 heavy (non-hydrogen) atoms. The molecule has 0 amide bonds. The number of rotatable bonds is 8. The van der Waals surface area contributed by atoms with E-state index in [-0.39, 0.29) is 0 Å². The molecule has 0 aromatic carbocycles. The van der Waals surface area contributed by atoms with E-state index in [2.05, 4.69) is 20.8 Å². The molecule has 0 spiro atoms. The fraction of sp³-hybridized carbons (Fsp3) is 1.00. The SMILES string of the molecule is CCCCC[N+](CC)(CC)CC1CO1. The van der Waals surface area contributed by atoms with Crippen LogP contribution in [0.15, 0.2) is 0 Å². The minimum Gasteiger partial charge on any atom is -0.367 e. The van der Waals surface area contributed by atoms with Crippen molar-refractivity contribution in [3.05, 3.63) is 0 Å². The van der Waals surface area contributed by atoms with Crippen molar-refractivity contribution in [1.29, 1.82) is 0 Å². The van der Waals surface area contributed by atoms with E-state index in [0.717, 1.165) is 6.61 Å². The highest BCUT2D eigenvalue weighted by Gasteiger charge is 2.34. The predicted molar refractivity (Wildman–Crippen MR) is 60.3 cm³/mol. The summed E-state index contributed by atoms with van der Waals surface area (Å²) in [6.45, 7) is 13.0. The van der Waals surface area contributed by atoms with E-state index < -0.39 is 0 Å². The molecule has 1 saturated heterocycles. The van der Waals surface area contributed by atoms with Crippen molar-refractivity contribution in [2.45, 2.75) is 46.1 Å². The number of unbranched alkanes of at least 4 members (excludes halogenated alkanes) is 2. The summed E-state index contributed by atoms with van der Waals surface area (Å²) in [6.07, 6.45) is 4.67. The molecule has 84 valence electrons. The summed E-state index contributed by atoms with van der Waals surface area (Å²) in [7, 11) is 0. The van der Waals surface area contributed by atoms with Crippen molar-refractivity contribution in [3.8, 4) is 0 Å². The van der Waals surface area contributed by atoms with E-state index in [1.165, 1.54) is 49.9 Å². The van der Waals surface area contributed by atoms with Crippen LogP contribution in [0.3, 0.4) is 0 Å². The molecule has 0 bridgehead atoms. The molecular weight excluding hydrogens is 174 g/mol. The molecule has 1 aliphatic rings. The lowest BCUT2D eigenvalue weighted by Crippen LogP contribution is -2.50. The number of ether oxygens (including phenoxy) is 1. The molecule has 0 aromatic rings. The van der Waals surface area contributed by atoms with Crippen molar-refractivity contribution in [1.82, 2.24) is 0 Å². The lowest BCUT2D eigenvalue weighted by atomic mass is 10.2. The zero-order valence-corrected chi connectivity index (χ0v) is 10.1. The second-order valence-corrected chi connectivity index (χ2v) is 4.54. The highest BCUT2D eigenvalue weighted by Crippen LogP contribution is 2.18. The van der Waals surface area contributed by atoms with Crippen LogP contribution >= 0.6 is 0 Å². The van der Waals surface area contributed by atoms with Crippen molar-refractivity contribution in [3.63, 3.8) is 0 Å². The van der Waals surface area contributed by atoms with Crippen LogP contribution in [0.1, 0.15) is 40.0 Å². The molecule has 1 rings (SSSR count). The number of quaternary nitrogens is 1. The molecule has 2 nitrogen and oxygen atoms in total. The van der Waals surface area contributed by atoms with Gasteiger partial charge in [0.2, 0.25) is 0 Å². The molecule has 0 saturated carbocycles. The Kier molecular flexibility index (Phi) is 4.90. The minimum atomic E-state index is 0.580. The normalized spacial score (nSPS) is 21.2. The summed E-state index contributed by atoms with van der Waals surface area (Å²) < 4.78 is 6.63. The zero-order chi connectivity index (χ0) is 10.4. The van der Waals surface area contributed by atoms with Gasteiger partial charge in [-0.3, -0.25) is 0 Å². The second kappa shape index (κ2) is 5.72. The van der Waals surface area contributed by atoms with Gasteiger partial charge in [0.15, 0.2) is 0 Å². The van der Waals surface area contributed by atoms with Crippen LogP contribution in [0.4, 0.5) is 0 Å². The zero-order valence-electron chi connectivity index (χ0n) is 10.1. The fourth-order valence-electron chi connectivity index (χ4n) is 2.19. The van der Waals surface area contributed by atoms with Gasteiger partial charge in [-0.05, 0) is 26.7 Å². The third-order valence-electron chi connectivity index (χ3n) is 3.57. The number of hydrogen-bond donors (Lipinski definition) is 0. The Labute approximate surface area is 88.8 Å². The third kappa shape index (κ3) is 3.58. The van der Waals surface area contributed by atoms with Crippen LogP contribution < -0.4 is 0 Å². The molecule has 0 aromatic heterocycles. The molecule has 1 unspecified atom stereocenters. The summed E-state index contributed by atoms with van der Waals surface area (Å²) in [4.78, 5) is 0. The van der Waals surface area contributed by atoms with Crippen LogP contribution in [0.25, 0.3) is 0 Å². The van der Waals surface area contributed by atoms with E-state index >= 15 is 0 Å².